The van der Waals surface area contributed by atoms with Gasteiger partial charge in [0.05, 0.1) is 4.90 Å². The lowest BCUT2D eigenvalue weighted by atomic mass is 9.97. The zero-order valence-electron chi connectivity index (χ0n) is 19.7. The second-order valence-corrected chi connectivity index (χ2v) is 11.8. The van der Waals surface area contributed by atoms with Crippen LogP contribution in [0.15, 0.2) is 47.4 Å². The maximum absolute atomic E-state index is 13.4. The van der Waals surface area contributed by atoms with Crippen molar-refractivity contribution in [2.75, 3.05) is 23.3 Å². The van der Waals surface area contributed by atoms with Gasteiger partial charge < -0.3 is 10.2 Å². The molecule has 2 fully saturated rings. The summed E-state index contributed by atoms with van der Waals surface area (Å²) in [4.78, 5) is 27.5. The SMILES string of the molecule is Cc1cccc(NC(=O)C2CCN(S(=O)(=O)c3ccc4c(c3)C[C@H](C)N4C(=O)C3CC3)CC2)c1. The number of nitrogens with one attached hydrogen (secondary N) is 1. The number of anilines is 2. The Morgan fingerprint density at radius 2 is 1.71 bits per heavy atom. The van der Waals surface area contributed by atoms with Crippen LogP contribution in [0.1, 0.15) is 43.7 Å². The van der Waals surface area contributed by atoms with E-state index in [0.29, 0.717) is 32.4 Å². The first-order valence-corrected chi connectivity index (χ1v) is 13.5. The summed E-state index contributed by atoms with van der Waals surface area (Å²) in [6.07, 6.45) is 3.54. The summed E-state index contributed by atoms with van der Waals surface area (Å²) in [5.41, 5.74) is 3.59. The predicted octanol–water partition coefficient (Wildman–Crippen LogP) is 3.72. The molecular weight excluding hydrogens is 450 g/mol. The van der Waals surface area contributed by atoms with Crippen molar-refractivity contribution in [2.24, 2.45) is 11.8 Å². The average molecular weight is 482 g/mol. The molecular formula is C26H31N3O4S. The third-order valence-electron chi connectivity index (χ3n) is 7.18. The van der Waals surface area contributed by atoms with E-state index in [1.165, 1.54) is 4.31 Å². The molecule has 0 radical (unpaired) electrons. The van der Waals surface area contributed by atoms with E-state index in [-0.39, 0.29) is 34.6 Å². The minimum atomic E-state index is -3.66. The minimum Gasteiger partial charge on any atom is -0.326 e. The van der Waals surface area contributed by atoms with Gasteiger partial charge in [-0.15, -0.1) is 0 Å². The summed E-state index contributed by atoms with van der Waals surface area (Å²) < 4.78 is 28.2. The number of aryl methyl sites for hydroxylation is 1. The molecule has 1 saturated carbocycles. The summed E-state index contributed by atoms with van der Waals surface area (Å²) in [6.45, 7) is 4.62. The fraction of sp³-hybridized carbons (Fsp3) is 0.462. The Labute approximate surface area is 201 Å². The minimum absolute atomic E-state index is 0.0451. The zero-order chi connectivity index (χ0) is 24.0. The maximum Gasteiger partial charge on any atom is 0.243 e. The van der Waals surface area contributed by atoms with Gasteiger partial charge in [0.1, 0.15) is 0 Å². The largest absolute Gasteiger partial charge is 0.326 e. The first-order valence-electron chi connectivity index (χ1n) is 12.1. The Bertz CT molecular complexity index is 1230. The van der Waals surface area contributed by atoms with E-state index in [2.05, 4.69) is 5.32 Å². The number of hydrogen-bond donors (Lipinski definition) is 1. The van der Waals surface area contributed by atoms with Crippen LogP contribution in [0.3, 0.4) is 0 Å². The van der Waals surface area contributed by atoms with Crippen molar-refractivity contribution in [3.05, 3.63) is 53.6 Å². The van der Waals surface area contributed by atoms with Gasteiger partial charge in [0, 0.05) is 42.3 Å². The maximum atomic E-state index is 13.4. The number of carbonyl (C=O) groups is 2. The highest BCUT2D eigenvalue weighted by atomic mass is 32.2. The van der Waals surface area contributed by atoms with Crippen LogP contribution in [0, 0.1) is 18.8 Å². The predicted molar refractivity (Wildman–Crippen MR) is 131 cm³/mol. The van der Waals surface area contributed by atoms with Crippen molar-refractivity contribution < 1.29 is 18.0 Å². The zero-order valence-corrected chi connectivity index (χ0v) is 20.5. The van der Waals surface area contributed by atoms with Crippen molar-refractivity contribution in [3.8, 4) is 0 Å². The first-order chi connectivity index (χ1) is 16.2. The molecule has 1 atom stereocenters. The number of fused-ring (bicyclic) bond motifs is 1. The molecule has 180 valence electrons. The Morgan fingerprint density at radius 1 is 0.971 bits per heavy atom. The summed E-state index contributed by atoms with van der Waals surface area (Å²) >= 11 is 0. The number of amides is 2. The molecule has 2 aromatic carbocycles. The van der Waals surface area contributed by atoms with E-state index in [0.717, 1.165) is 35.3 Å². The van der Waals surface area contributed by atoms with E-state index in [4.69, 9.17) is 0 Å². The summed E-state index contributed by atoms with van der Waals surface area (Å²) in [6, 6.07) is 12.8. The molecule has 5 rings (SSSR count). The highest BCUT2D eigenvalue weighted by Gasteiger charge is 2.40. The van der Waals surface area contributed by atoms with Crippen molar-refractivity contribution in [2.45, 2.75) is 56.9 Å². The second-order valence-electron chi connectivity index (χ2n) is 9.86. The fourth-order valence-corrected chi connectivity index (χ4v) is 6.63. The van der Waals surface area contributed by atoms with Gasteiger partial charge in [0.2, 0.25) is 21.8 Å². The molecule has 0 aromatic heterocycles. The summed E-state index contributed by atoms with van der Waals surface area (Å²) in [7, 11) is -3.66. The fourth-order valence-electron chi connectivity index (χ4n) is 5.11. The summed E-state index contributed by atoms with van der Waals surface area (Å²) in [5, 5.41) is 2.96. The number of hydrogen-bond acceptors (Lipinski definition) is 4. The van der Waals surface area contributed by atoms with Gasteiger partial charge in [-0.25, -0.2) is 8.42 Å². The van der Waals surface area contributed by atoms with E-state index >= 15 is 0 Å². The van der Waals surface area contributed by atoms with Crippen LogP contribution in [-0.2, 0) is 26.0 Å². The molecule has 2 aliphatic heterocycles. The van der Waals surface area contributed by atoms with Crippen molar-refractivity contribution >= 4 is 33.2 Å². The smallest absolute Gasteiger partial charge is 0.243 e. The van der Waals surface area contributed by atoms with E-state index < -0.39 is 10.0 Å². The van der Waals surface area contributed by atoms with Crippen molar-refractivity contribution in [1.82, 2.24) is 4.31 Å². The molecule has 2 amide bonds. The number of rotatable bonds is 5. The Hall–Kier alpha value is -2.71. The van der Waals surface area contributed by atoms with Crippen molar-refractivity contribution in [3.63, 3.8) is 0 Å². The van der Waals surface area contributed by atoms with Gasteiger partial charge in [-0.2, -0.15) is 4.31 Å². The highest BCUT2D eigenvalue weighted by molar-refractivity contribution is 7.89. The third kappa shape index (κ3) is 4.36. The molecule has 8 heteroatoms. The molecule has 34 heavy (non-hydrogen) atoms. The number of nitrogens with zero attached hydrogens (tertiary/aromatic N) is 2. The van der Waals surface area contributed by atoms with E-state index in [1.807, 2.05) is 43.0 Å². The van der Waals surface area contributed by atoms with Crippen LogP contribution in [0.25, 0.3) is 0 Å². The van der Waals surface area contributed by atoms with Crippen LogP contribution in [0.5, 0.6) is 0 Å². The number of sulfonamides is 1. The molecule has 7 nitrogen and oxygen atoms in total. The average Bonchev–Trinajstić information content (AvgIpc) is 3.60. The molecule has 1 N–H and O–H groups in total. The molecule has 1 saturated heterocycles. The van der Waals surface area contributed by atoms with Crippen LogP contribution < -0.4 is 10.2 Å². The van der Waals surface area contributed by atoms with Gasteiger partial charge in [0.25, 0.3) is 0 Å². The molecule has 0 spiro atoms. The molecule has 3 aliphatic rings. The topological polar surface area (TPSA) is 86.8 Å². The highest BCUT2D eigenvalue weighted by Crippen LogP contribution is 2.40. The summed E-state index contributed by atoms with van der Waals surface area (Å²) in [5.74, 6) is 0.0125. The quantitative estimate of drug-likeness (QED) is 0.705. The van der Waals surface area contributed by atoms with Crippen LogP contribution in [-0.4, -0.2) is 43.7 Å². The second kappa shape index (κ2) is 8.82. The lowest BCUT2D eigenvalue weighted by Crippen LogP contribution is -2.41. The number of piperidine rings is 1. The lowest BCUT2D eigenvalue weighted by molar-refractivity contribution is -0.121. The van der Waals surface area contributed by atoms with Crippen molar-refractivity contribution in [1.29, 1.82) is 0 Å². The van der Waals surface area contributed by atoms with Crippen LogP contribution >= 0.6 is 0 Å². The van der Waals surface area contributed by atoms with Gasteiger partial charge >= 0.3 is 0 Å². The van der Waals surface area contributed by atoms with Gasteiger partial charge in [-0.1, -0.05) is 12.1 Å². The normalized spacial score (nSPS) is 21.4. The Balaban J connectivity index is 1.25. The number of carbonyl (C=O) groups excluding carboxylic acids is 2. The molecule has 2 aromatic rings. The van der Waals surface area contributed by atoms with Crippen LogP contribution in [0.4, 0.5) is 11.4 Å². The Morgan fingerprint density at radius 3 is 2.38 bits per heavy atom. The van der Waals surface area contributed by atoms with Gasteiger partial charge in [-0.3, -0.25) is 9.59 Å². The Kier molecular flexibility index (Phi) is 5.98. The lowest BCUT2D eigenvalue weighted by Gasteiger charge is -2.30. The van der Waals surface area contributed by atoms with Gasteiger partial charge in [0.15, 0.2) is 0 Å². The van der Waals surface area contributed by atoms with E-state index in [1.54, 1.807) is 18.2 Å². The van der Waals surface area contributed by atoms with Crippen LogP contribution in [0.2, 0.25) is 0 Å². The third-order valence-corrected chi connectivity index (χ3v) is 9.07. The van der Waals surface area contributed by atoms with E-state index in [9.17, 15) is 18.0 Å². The molecule has 0 unspecified atom stereocenters. The molecule has 1 aliphatic carbocycles. The molecule has 0 bridgehead atoms. The number of benzene rings is 2. The standard InChI is InChI=1S/C26H31N3O4S/c1-17-4-3-5-22(14-17)27-25(30)19-10-12-28(13-11-19)34(32,33)23-8-9-24-21(16-23)15-18(2)29(24)26(31)20-6-7-20/h3-5,8-9,14,16,18-20H,6-7,10-13,15H2,1-2H3,(H,27,30)/t18-/m0/s1. The monoisotopic (exact) mass is 481 g/mol. The molecule has 2 heterocycles. The van der Waals surface area contributed by atoms with Gasteiger partial charge in [-0.05, 0) is 87.4 Å². The first kappa shape index (κ1) is 23.1.